The van der Waals surface area contributed by atoms with Crippen LogP contribution >= 0.6 is 0 Å². The van der Waals surface area contributed by atoms with Crippen LogP contribution in [0.1, 0.15) is 49.9 Å². The highest BCUT2D eigenvalue weighted by Gasteiger charge is 2.57. The molecule has 0 radical (unpaired) electrons. The predicted octanol–water partition coefficient (Wildman–Crippen LogP) is 3.06. The molecule has 3 N–H and O–H groups in total. The lowest BCUT2D eigenvalue weighted by Gasteiger charge is -2.26. The standard InChI is InChI=1S/C23H28N4O5/c1-4-27-11-16(20(26-27)22(29)24-10-13-6-5-9-32-13)25-21(28)18-14-7-8-15(17(14)12(2)3)19(18)23(30)31/h5-6,9,11,14-15,18-19H,4,7-8,10H2,1-3H3,(H,24,29)(H,25,28)(H,30,31)/t14-,15+,18-,19+/m1/s1. The number of hydrogen-bond acceptors (Lipinski definition) is 5. The molecule has 2 bridgehead atoms. The summed E-state index contributed by atoms with van der Waals surface area (Å²) in [5, 5.41) is 19.7. The Labute approximate surface area is 185 Å². The van der Waals surface area contributed by atoms with E-state index in [-0.39, 0.29) is 35.7 Å². The highest BCUT2D eigenvalue weighted by Crippen LogP contribution is 2.57. The monoisotopic (exact) mass is 440 g/mol. The molecular formula is C23H28N4O5. The predicted molar refractivity (Wildman–Crippen MR) is 116 cm³/mol. The second-order valence-corrected chi connectivity index (χ2v) is 8.63. The number of furan rings is 1. The molecule has 9 heteroatoms. The van der Waals surface area contributed by atoms with E-state index in [9.17, 15) is 19.5 Å². The van der Waals surface area contributed by atoms with Crippen molar-refractivity contribution in [1.29, 1.82) is 0 Å². The van der Waals surface area contributed by atoms with Crippen molar-refractivity contribution < 1.29 is 23.9 Å². The molecule has 2 fully saturated rings. The Bertz CT molecular complexity index is 1060. The number of rotatable bonds is 7. The van der Waals surface area contributed by atoms with E-state index >= 15 is 0 Å². The number of nitrogens with zero attached hydrogens (tertiary/aromatic N) is 2. The van der Waals surface area contributed by atoms with E-state index in [1.54, 1.807) is 23.0 Å². The van der Waals surface area contributed by atoms with E-state index in [2.05, 4.69) is 15.7 Å². The number of allylic oxidation sites excluding steroid dienone is 2. The summed E-state index contributed by atoms with van der Waals surface area (Å²) in [5.41, 5.74) is 2.57. The number of carbonyl (C=O) groups excluding carboxylic acids is 2. The van der Waals surface area contributed by atoms with Gasteiger partial charge in [0.2, 0.25) is 5.91 Å². The third-order valence-electron chi connectivity index (χ3n) is 6.57. The van der Waals surface area contributed by atoms with E-state index in [4.69, 9.17) is 4.42 Å². The maximum absolute atomic E-state index is 13.3. The zero-order valence-corrected chi connectivity index (χ0v) is 18.4. The molecule has 32 heavy (non-hydrogen) atoms. The van der Waals surface area contributed by atoms with Gasteiger partial charge in [0.15, 0.2) is 5.69 Å². The van der Waals surface area contributed by atoms with Crippen LogP contribution in [0.15, 0.2) is 40.2 Å². The quantitative estimate of drug-likeness (QED) is 0.568. The van der Waals surface area contributed by atoms with E-state index in [0.717, 1.165) is 24.0 Å². The summed E-state index contributed by atoms with van der Waals surface area (Å²) in [6.07, 6.45) is 4.72. The van der Waals surface area contributed by atoms with E-state index in [1.165, 1.54) is 6.26 Å². The molecule has 4 atom stereocenters. The summed E-state index contributed by atoms with van der Waals surface area (Å²) in [6, 6.07) is 3.48. The molecule has 2 aromatic heterocycles. The number of anilines is 1. The summed E-state index contributed by atoms with van der Waals surface area (Å²) < 4.78 is 6.79. The van der Waals surface area contributed by atoms with Crippen LogP contribution < -0.4 is 10.6 Å². The van der Waals surface area contributed by atoms with Crippen LogP contribution in [-0.2, 0) is 22.7 Å². The lowest BCUT2D eigenvalue weighted by molar-refractivity contribution is -0.148. The Kier molecular flexibility index (Phi) is 5.90. The number of carboxylic acids is 1. The Morgan fingerprint density at radius 2 is 1.94 bits per heavy atom. The molecule has 2 amide bonds. The summed E-state index contributed by atoms with van der Waals surface area (Å²) in [5.74, 6) is -2.78. The Balaban J connectivity index is 1.56. The number of aryl methyl sites for hydroxylation is 1. The molecule has 2 aliphatic rings. The molecule has 0 unspecified atom stereocenters. The number of aromatic nitrogens is 2. The van der Waals surface area contributed by atoms with E-state index < -0.39 is 23.7 Å². The van der Waals surface area contributed by atoms with Crippen LogP contribution in [0, 0.1) is 23.7 Å². The first-order chi connectivity index (χ1) is 15.3. The highest BCUT2D eigenvalue weighted by atomic mass is 16.4. The van der Waals surface area contributed by atoms with Gasteiger partial charge in [0.25, 0.3) is 5.91 Å². The summed E-state index contributed by atoms with van der Waals surface area (Å²) in [7, 11) is 0. The topological polar surface area (TPSA) is 126 Å². The average molecular weight is 441 g/mol. The Morgan fingerprint density at radius 1 is 1.22 bits per heavy atom. The number of fused-ring (bicyclic) bond motifs is 2. The molecule has 0 spiro atoms. The first-order valence-electron chi connectivity index (χ1n) is 10.9. The number of aliphatic carboxylic acids is 1. The van der Waals surface area contributed by atoms with E-state index in [0.29, 0.717) is 12.3 Å². The molecule has 2 heterocycles. The molecular weight excluding hydrogens is 412 g/mol. The van der Waals surface area contributed by atoms with Crippen LogP contribution in [0.2, 0.25) is 0 Å². The van der Waals surface area contributed by atoms with Gasteiger partial charge < -0.3 is 20.2 Å². The van der Waals surface area contributed by atoms with Gasteiger partial charge in [-0.05, 0) is 57.6 Å². The molecule has 0 saturated heterocycles. The second-order valence-electron chi connectivity index (χ2n) is 8.63. The van der Waals surface area contributed by atoms with Gasteiger partial charge in [-0.15, -0.1) is 0 Å². The molecule has 0 aliphatic heterocycles. The number of carbonyl (C=O) groups is 3. The zero-order valence-electron chi connectivity index (χ0n) is 18.4. The van der Waals surface area contributed by atoms with Crippen molar-refractivity contribution in [3.63, 3.8) is 0 Å². The number of nitrogens with one attached hydrogen (secondary N) is 2. The first-order valence-corrected chi connectivity index (χ1v) is 10.9. The SMILES string of the molecule is CCn1cc(NC(=O)[C@H]2[C@@H](C(=O)O)[C@H]3CC[C@@H]2C3=C(C)C)c(C(=O)NCc2ccco2)n1. The van der Waals surface area contributed by atoms with Crippen LogP contribution in [0.25, 0.3) is 0 Å². The number of carboxylic acid groups (broad SMARTS) is 1. The highest BCUT2D eigenvalue weighted by molar-refractivity contribution is 6.03. The average Bonchev–Trinajstić information content (AvgIpc) is 3.53. The van der Waals surface area contributed by atoms with Gasteiger partial charge in [0.05, 0.1) is 30.3 Å². The normalized spacial score (nSPS) is 23.9. The third-order valence-corrected chi connectivity index (χ3v) is 6.57. The second kappa shape index (κ2) is 8.64. The number of hydrogen-bond donors (Lipinski definition) is 3. The zero-order chi connectivity index (χ0) is 23.0. The minimum atomic E-state index is -0.947. The van der Waals surface area contributed by atoms with Crippen molar-refractivity contribution in [2.75, 3.05) is 5.32 Å². The van der Waals surface area contributed by atoms with Crippen molar-refractivity contribution in [3.8, 4) is 0 Å². The van der Waals surface area contributed by atoms with E-state index in [1.807, 2.05) is 20.8 Å². The van der Waals surface area contributed by atoms with Crippen LogP contribution in [0.3, 0.4) is 0 Å². The van der Waals surface area contributed by atoms with Gasteiger partial charge in [0.1, 0.15) is 5.76 Å². The van der Waals surface area contributed by atoms with Gasteiger partial charge in [-0.1, -0.05) is 11.1 Å². The lowest BCUT2D eigenvalue weighted by Crippen LogP contribution is -2.38. The fourth-order valence-corrected chi connectivity index (χ4v) is 5.33. The first kappa shape index (κ1) is 21.9. The Morgan fingerprint density at radius 3 is 2.53 bits per heavy atom. The lowest BCUT2D eigenvalue weighted by atomic mass is 9.78. The van der Waals surface area contributed by atoms with Gasteiger partial charge >= 0.3 is 5.97 Å². The fourth-order valence-electron chi connectivity index (χ4n) is 5.33. The van der Waals surface area contributed by atoms with Gasteiger partial charge in [-0.25, -0.2) is 0 Å². The van der Waals surface area contributed by atoms with Gasteiger partial charge in [0, 0.05) is 12.7 Å². The van der Waals surface area contributed by atoms with Crippen molar-refractivity contribution in [3.05, 3.63) is 47.2 Å². The van der Waals surface area contributed by atoms with Crippen molar-refractivity contribution >= 4 is 23.5 Å². The summed E-state index contributed by atoms with van der Waals surface area (Å²) in [4.78, 5) is 38.1. The summed E-state index contributed by atoms with van der Waals surface area (Å²) >= 11 is 0. The minimum Gasteiger partial charge on any atom is -0.481 e. The minimum absolute atomic E-state index is 0.0800. The van der Waals surface area contributed by atoms with Crippen molar-refractivity contribution in [2.24, 2.45) is 23.7 Å². The fraction of sp³-hybridized carbons (Fsp3) is 0.478. The molecule has 170 valence electrons. The number of amides is 2. The maximum atomic E-state index is 13.3. The third kappa shape index (κ3) is 3.83. The van der Waals surface area contributed by atoms with Crippen LogP contribution in [-0.4, -0.2) is 32.7 Å². The largest absolute Gasteiger partial charge is 0.481 e. The van der Waals surface area contributed by atoms with Crippen molar-refractivity contribution in [2.45, 2.75) is 46.7 Å². The summed E-state index contributed by atoms with van der Waals surface area (Å²) in [6.45, 7) is 6.54. The molecule has 2 aromatic rings. The smallest absolute Gasteiger partial charge is 0.307 e. The van der Waals surface area contributed by atoms with Gasteiger partial charge in [-0.3, -0.25) is 19.1 Å². The maximum Gasteiger partial charge on any atom is 0.307 e. The molecule has 0 aromatic carbocycles. The molecule has 2 saturated carbocycles. The molecule has 2 aliphatic carbocycles. The van der Waals surface area contributed by atoms with Crippen LogP contribution in [0.5, 0.6) is 0 Å². The van der Waals surface area contributed by atoms with Gasteiger partial charge in [-0.2, -0.15) is 5.10 Å². The Hall–Kier alpha value is -3.36. The van der Waals surface area contributed by atoms with Crippen LogP contribution in [0.4, 0.5) is 5.69 Å². The molecule has 9 nitrogen and oxygen atoms in total. The van der Waals surface area contributed by atoms with Crippen molar-refractivity contribution in [1.82, 2.24) is 15.1 Å². The molecule has 4 rings (SSSR count).